The predicted octanol–water partition coefficient (Wildman–Crippen LogP) is -0.636. The van der Waals surface area contributed by atoms with Gasteiger partial charge in [-0.3, -0.25) is 19.8 Å². The van der Waals surface area contributed by atoms with Crippen molar-refractivity contribution in [3.63, 3.8) is 0 Å². The van der Waals surface area contributed by atoms with Crippen LogP contribution in [0, 0.1) is 5.92 Å². The van der Waals surface area contributed by atoms with E-state index in [1.807, 2.05) is 0 Å². The number of esters is 1. The second kappa shape index (κ2) is 6.19. The molecule has 1 saturated heterocycles. The highest BCUT2D eigenvalue weighted by Gasteiger charge is 2.30. The minimum atomic E-state index is -0.779. The molecular formula is C10H16N2O5. The van der Waals surface area contributed by atoms with Gasteiger partial charge in [-0.05, 0) is 13.0 Å². The number of rotatable bonds is 3. The summed E-state index contributed by atoms with van der Waals surface area (Å²) in [4.78, 5) is 35.2. The number of methoxy groups -OCH3 is 2. The lowest BCUT2D eigenvalue weighted by Gasteiger charge is -2.14. The van der Waals surface area contributed by atoms with Gasteiger partial charge in [-0.15, -0.1) is 0 Å². The molecule has 7 nitrogen and oxygen atoms in total. The number of nitrogens with zero attached hydrogens (tertiary/aromatic N) is 1. The van der Waals surface area contributed by atoms with Crippen LogP contribution in [-0.2, 0) is 19.1 Å². The molecule has 1 N–H and O–H groups in total. The van der Waals surface area contributed by atoms with Crippen molar-refractivity contribution in [3.8, 4) is 0 Å². The van der Waals surface area contributed by atoms with Crippen LogP contribution >= 0.6 is 0 Å². The first-order valence-corrected chi connectivity index (χ1v) is 5.24. The topological polar surface area (TPSA) is 84.9 Å². The standard InChI is InChI=1S/C10H16N2O5/c1-16-9(14)7-3-4-12(5-7)6-8(13)11-10(15)17-2/h7H,3-6H2,1-2H3,(H,11,13,15). The van der Waals surface area contributed by atoms with E-state index in [-0.39, 0.29) is 18.4 Å². The number of carbonyl (C=O) groups excluding carboxylic acids is 3. The summed E-state index contributed by atoms with van der Waals surface area (Å²) in [5.41, 5.74) is 0. The molecule has 0 aromatic carbocycles. The Morgan fingerprint density at radius 2 is 2.00 bits per heavy atom. The smallest absolute Gasteiger partial charge is 0.413 e. The summed E-state index contributed by atoms with van der Waals surface area (Å²) in [6, 6.07) is 0. The highest BCUT2D eigenvalue weighted by molar-refractivity contribution is 5.92. The summed E-state index contributed by atoms with van der Waals surface area (Å²) < 4.78 is 8.93. The molecule has 0 aromatic rings. The molecule has 1 atom stereocenters. The molecule has 96 valence electrons. The molecule has 17 heavy (non-hydrogen) atoms. The quantitative estimate of drug-likeness (QED) is 0.665. The van der Waals surface area contributed by atoms with Gasteiger partial charge >= 0.3 is 12.1 Å². The lowest BCUT2D eigenvalue weighted by atomic mass is 10.1. The zero-order valence-corrected chi connectivity index (χ0v) is 9.89. The largest absolute Gasteiger partial charge is 0.469 e. The van der Waals surface area contributed by atoms with Crippen molar-refractivity contribution in [1.82, 2.24) is 10.2 Å². The summed E-state index contributed by atoms with van der Waals surface area (Å²) in [6.07, 6.45) is -0.114. The number of alkyl carbamates (subject to hydrolysis) is 1. The maximum absolute atomic E-state index is 11.3. The van der Waals surface area contributed by atoms with E-state index in [0.717, 1.165) is 0 Å². The Labute approximate surface area is 99.0 Å². The van der Waals surface area contributed by atoms with Crippen molar-refractivity contribution >= 4 is 18.0 Å². The summed E-state index contributed by atoms with van der Waals surface area (Å²) in [6.45, 7) is 1.18. The molecule has 0 aromatic heterocycles. The molecule has 0 radical (unpaired) electrons. The van der Waals surface area contributed by atoms with E-state index >= 15 is 0 Å². The van der Waals surface area contributed by atoms with Crippen molar-refractivity contribution in [2.45, 2.75) is 6.42 Å². The fourth-order valence-corrected chi connectivity index (χ4v) is 1.74. The van der Waals surface area contributed by atoms with Crippen LogP contribution in [0.2, 0.25) is 0 Å². The number of hydrogen-bond donors (Lipinski definition) is 1. The molecule has 0 saturated carbocycles. The Kier molecular flexibility index (Phi) is 4.89. The summed E-state index contributed by atoms with van der Waals surface area (Å²) in [7, 11) is 2.53. The third kappa shape index (κ3) is 4.03. The average Bonchev–Trinajstić information content (AvgIpc) is 2.76. The first kappa shape index (κ1) is 13.4. The fraction of sp³-hybridized carbons (Fsp3) is 0.700. The van der Waals surface area contributed by atoms with Crippen LogP contribution in [-0.4, -0.2) is 56.7 Å². The van der Waals surface area contributed by atoms with Crippen LogP contribution in [0.1, 0.15) is 6.42 Å². The lowest BCUT2D eigenvalue weighted by molar-refractivity contribution is -0.145. The molecule has 7 heteroatoms. The second-order valence-electron chi connectivity index (χ2n) is 3.78. The highest BCUT2D eigenvalue weighted by atomic mass is 16.5. The molecule has 1 aliphatic heterocycles. The summed E-state index contributed by atoms with van der Waals surface area (Å²) in [5.74, 6) is -0.894. The van der Waals surface area contributed by atoms with E-state index in [0.29, 0.717) is 19.5 Å². The van der Waals surface area contributed by atoms with Gasteiger partial charge in [-0.25, -0.2) is 4.79 Å². The lowest BCUT2D eigenvalue weighted by Crippen LogP contribution is -2.39. The van der Waals surface area contributed by atoms with E-state index in [1.54, 1.807) is 4.90 Å². The Morgan fingerprint density at radius 1 is 1.29 bits per heavy atom. The summed E-state index contributed by atoms with van der Waals surface area (Å²) in [5, 5.41) is 2.06. The van der Waals surface area contributed by atoms with Crippen molar-refractivity contribution < 1.29 is 23.9 Å². The third-order valence-electron chi connectivity index (χ3n) is 2.60. The summed E-state index contributed by atoms with van der Waals surface area (Å²) >= 11 is 0. The first-order chi connectivity index (χ1) is 8.06. The van der Waals surface area contributed by atoms with E-state index in [1.165, 1.54) is 14.2 Å². The van der Waals surface area contributed by atoms with Gasteiger partial charge in [0.2, 0.25) is 5.91 Å². The molecule has 1 fully saturated rings. The minimum Gasteiger partial charge on any atom is -0.469 e. The van der Waals surface area contributed by atoms with Gasteiger partial charge in [0.25, 0.3) is 0 Å². The van der Waals surface area contributed by atoms with E-state index in [9.17, 15) is 14.4 Å². The van der Waals surface area contributed by atoms with E-state index < -0.39 is 12.0 Å². The highest BCUT2D eigenvalue weighted by Crippen LogP contribution is 2.16. The van der Waals surface area contributed by atoms with Gasteiger partial charge < -0.3 is 9.47 Å². The number of carbonyl (C=O) groups is 3. The Bertz CT molecular complexity index is 318. The zero-order chi connectivity index (χ0) is 12.8. The molecule has 1 aliphatic rings. The minimum absolute atomic E-state index is 0.0720. The molecular weight excluding hydrogens is 228 g/mol. The molecule has 2 amide bonds. The number of imide groups is 1. The average molecular weight is 244 g/mol. The van der Waals surface area contributed by atoms with Crippen molar-refractivity contribution in [2.24, 2.45) is 5.92 Å². The van der Waals surface area contributed by atoms with Crippen LogP contribution < -0.4 is 5.32 Å². The number of hydrogen-bond acceptors (Lipinski definition) is 6. The van der Waals surface area contributed by atoms with Gasteiger partial charge in [-0.2, -0.15) is 0 Å². The maximum Gasteiger partial charge on any atom is 0.413 e. The van der Waals surface area contributed by atoms with Crippen LogP contribution in [0.4, 0.5) is 4.79 Å². The van der Waals surface area contributed by atoms with Crippen LogP contribution in [0.15, 0.2) is 0 Å². The normalized spacial score (nSPS) is 19.8. The number of ether oxygens (including phenoxy) is 2. The number of amides is 2. The Hall–Kier alpha value is -1.63. The van der Waals surface area contributed by atoms with Gasteiger partial charge in [0, 0.05) is 6.54 Å². The Balaban J connectivity index is 2.32. The molecule has 1 heterocycles. The molecule has 1 rings (SSSR count). The van der Waals surface area contributed by atoms with Gasteiger partial charge in [0.1, 0.15) is 0 Å². The van der Waals surface area contributed by atoms with Crippen LogP contribution in [0.3, 0.4) is 0 Å². The van der Waals surface area contributed by atoms with E-state index in [4.69, 9.17) is 0 Å². The molecule has 0 bridgehead atoms. The van der Waals surface area contributed by atoms with Crippen molar-refractivity contribution in [2.75, 3.05) is 33.9 Å². The van der Waals surface area contributed by atoms with Crippen LogP contribution in [0.5, 0.6) is 0 Å². The van der Waals surface area contributed by atoms with Crippen LogP contribution in [0.25, 0.3) is 0 Å². The van der Waals surface area contributed by atoms with Gasteiger partial charge in [0.15, 0.2) is 0 Å². The van der Waals surface area contributed by atoms with Crippen molar-refractivity contribution in [1.29, 1.82) is 0 Å². The monoisotopic (exact) mass is 244 g/mol. The number of nitrogens with one attached hydrogen (secondary N) is 1. The zero-order valence-electron chi connectivity index (χ0n) is 9.89. The number of likely N-dealkylation sites (tertiary alicyclic amines) is 1. The van der Waals surface area contributed by atoms with Gasteiger partial charge in [-0.1, -0.05) is 0 Å². The van der Waals surface area contributed by atoms with Gasteiger partial charge in [0.05, 0.1) is 26.7 Å². The third-order valence-corrected chi connectivity index (χ3v) is 2.60. The fourth-order valence-electron chi connectivity index (χ4n) is 1.74. The predicted molar refractivity (Wildman–Crippen MR) is 57.1 cm³/mol. The molecule has 0 aliphatic carbocycles. The first-order valence-electron chi connectivity index (χ1n) is 5.24. The Morgan fingerprint density at radius 3 is 2.59 bits per heavy atom. The molecule has 0 spiro atoms. The maximum atomic E-state index is 11.3. The molecule has 1 unspecified atom stereocenters. The van der Waals surface area contributed by atoms with Crippen molar-refractivity contribution in [3.05, 3.63) is 0 Å². The SMILES string of the molecule is COC(=O)NC(=O)CN1CCC(C(=O)OC)C1. The second-order valence-corrected chi connectivity index (χ2v) is 3.78. The van der Waals surface area contributed by atoms with E-state index in [2.05, 4.69) is 14.8 Å².